The number of ether oxygens (including phenoxy) is 1. The lowest BCUT2D eigenvalue weighted by atomic mass is 9.96. The molecule has 1 saturated heterocycles. The topological polar surface area (TPSA) is 80.5 Å². The molecule has 0 unspecified atom stereocenters. The van der Waals surface area contributed by atoms with E-state index in [4.69, 9.17) is 9.26 Å². The van der Waals surface area contributed by atoms with E-state index in [1.807, 2.05) is 24.3 Å². The Kier molecular flexibility index (Phi) is 7.32. The third-order valence-electron chi connectivity index (χ3n) is 5.77. The number of nitrogens with one attached hydrogen (secondary N) is 1. The summed E-state index contributed by atoms with van der Waals surface area (Å²) in [4.78, 5) is 20.4. The molecular weight excluding hydrogens is 424 g/mol. The molecular formula is C24H28N4O3S. The van der Waals surface area contributed by atoms with Gasteiger partial charge in [-0.2, -0.15) is 4.98 Å². The van der Waals surface area contributed by atoms with Gasteiger partial charge in [-0.3, -0.25) is 4.79 Å². The van der Waals surface area contributed by atoms with Crippen LogP contribution in [-0.4, -0.2) is 49.0 Å². The van der Waals surface area contributed by atoms with E-state index in [-0.39, 0.29) is 11.8 Å². The van der Waals surface area contributed by atoms with Gasteiger partial charge in [-0.25, -0.2) is 0 Å². The van der Waals surface area contributed by atoms with Gasteiger partial charge in [0, 0.05) is 36.0 Å². The normalized spacial score (nSPS) is 14.4. The minimum Gasteiger partial charge on any atom is -0.497 e. The van der Waals surface area contributed by atoms with Crippen LogP contribution in [0.5, 0.6) is 5.75 Å². The summed E-state index contributed by atoms with van der Waals surface area (Å²) in [5, 5.41) is 7.20. The summed E-state index contributed by atoms with van der Waals surface area (Å²) in [5.74, 6) is 1.49. The van der Waals surface area contributed by atoms with E-state index in [0.29, 0.717) is 18.4 Å². The maximum Gasteiger partial charge on any atom is 0.324 e. The second-order valence-electron chi connectivity index (χ2n) is 7.78. The molecule has 0 atom stereocenters. The Morgan fingerprint density at radius 3 is 2.53 bits per heavy atom. The molecule has 3 aromatic rings. The van der Waals surface area contributed by atoms with E-state index in [1.165, 1.54) is 10.5 Å². The fourth-order valence-corrected chi connectivity index (χ4v) is 4.21. The van der Waals surface area contributed by atoms with Gasteiger partial charge in [0.25, 0.3) is 0 Å². The van der Waals surface area contributed by atoms with Crippen LogP contribution < -0.4 is 15.0 Å². The first-order chi connectivity index (χ1) is 15.7. The number of carbonyl (C=O) groups excluding carboxylic acids is 1. The third-order valence-corrected chi connectivity index (χ3v) is 6.52. The Morgan fingerprint density at radius 1 is 1.16 bits per heavy atom. The van der Waals surface area contributed by atoms with Crippen LogP contribution in [0.25, 0.3) is 11.4 Å². The van der Waals surface area contributed by atoms with E-state index in [0.717, 1.165) is 43.7 Å². The van der Waals surface area contributed by atoms with E-state index < -0.39 is 0 Å². The molecule has 1 N–H and O–H groups in total. The number of rotatable bonds is 8. The summed E-state index contributed by atoms with van der Waals surface area (Å²) in [6.45, 7) is 2.10. The zero-order valence-electron chi connectivity index (χ0n) is 18.4. The van der Waals surface area contributed by atoms with Crippen molar-refractivity contribution in [1.82, 2.24) is 15.5 Å². The Hall–Kier alpha value is -3.00. The smallest absolute Gasteiger partial charge is 0.324 e. The van der Waals surface area contributed by atoms with Gasteiger partial charge in [0.05, 0.1) is 7.11 Å². The molecule has 1 amide bonds. The van der Waals surface area contributed by atoms with Gasteiger partial charge in [-0.1, -0.05) is 17.3 Å². The van der Waals surface area contributed by atoms with Crippen LogP contribution in [0.15, 0.2) is 57.9 Å². The van der Waals surface area contributed by atoms with Gasteiger partial charge in [0.1, 0.15) is 5.75 Å². The number of amides is 1. The van der Waals surface area contributed by atoms with Crippen molar-refractivity contribution in [3.8, 4) is 17.1 Å². The number of thioether (sulfide) groups is 1. The van der Waals surface area contributed by atoms with Gasteiger partial charge in [0.15, 0.2) is 0 Å². The highest BCUT2D eigenvalue weighted by atomic mass is 32.2. The minimum absolute atomic E-state index is 0.0223. The summed E-state index contributed by atoms with van der Waals surface area (Å²) >= 11 is 1.73. The molecule has 168 valence electrons. The average Bonchev–Trinajstić information content (AvgIpc) is 3.35. The molecule has 0 aliphatic carbocycles. The van der Waals surface area contributed by atoms with Crippen molar-refractivity contribution in [1.29, 1.82) is 0 Å². The summed E-state index contributed by atoms with van der Waals surface area (Å²) < 4.78 is 10.7. The van der Waals surface area contributed by atoms with Crippen molar-refractivity contribution < 1.29 is 14.1 Å². The second kappa shape index (κ2) is 10.5. The number of piperidine rings is 1. The van der Waals surface area contributed by atoms with Gasteiger partial charge >= 0.3 is 6.01 Å². The predicted molar refractivity (Wildman–Crippen MR) is 126 cm³/mol. The van der Waals surface area contributed by atoms with Crippen LogP contribution >= 0.6 is 11.8 Å². The molecule has 1 fully saturated rings. The van der Waals surface area contributed by atoms with Gasteiger partial charge in [-0.15, -0.1) is 11.8 Å². The van der Waals surface area contributed by atoms with Crippen LogP contribution in [0.4, 0.5) is 6.01 Å². The fourth-order valence-electron chi connectivity index (χ4n) is 3.80. The summed E-state index contributed by atoms with van der Waals surface area (Å²) in [5.41, 5.74) is 2.11. The molecule has 0 spiro atoms. The Labute approximate surface area is 192 Å². The third kappa shape index (κ3) is 5.43. The SMILES string of the molecule is COc1ccc(-c2noc(N3CCC(C(=O)NCCc4ccc(SC)cc4)CC3)n2)cc1. The van der Waals surface area contributed by atoms with Crippen molar-refractivity contribution in [2.24, 2.45) is 5.92 Å². The number of hydrogen-bond donors (Lipinski definition) is 1. The number of aromatic nitrogens is 2. The maximum atomic E-state index is 12.6. The zero-order valence-corrected chi connectivity index (χ0v) is 19.2. The lowest BCUT2D eigenvalue weighted by molar-refractivity contribution is -0.125. The number of nitrogens with zero attached hydrogens (tertiary/aromatic N) is 3. The van der Waals surface area contributed by atoms with Crippen LogP contribution in [0, 0.1) is 5.92 Å². The highest BCUT2D eigenvalue weighted by Crippen LogP contribution is 2.26. The highest BCUT2D eigenvalue weighted by molar-refractivity contribution is 7.98. The molecule has 1 aliphatic heterocycles. The standard InChI is InChI=1S/C24H28N4O3S/c1-30-20-7-5-18(6-8-20)22-26-24(31-27-22)28-15-12-19(13-16-28)23(29)25-14-11-17-3-9-21(32-2)10-4-17/h3-10,19H,11-16H2,1-2H3,(H,25,29). The van der Waals surface area contributed by atoms with Crippen molar-refractivity contribution in [3.63, 3.8) is 0 Å². The van der Waals surface area contributed by atoms with E-state index in [9.17, 15) is 4.79 Å². The van der Waals surface area contributed by atoms with Crippen molar-refractivity contribution in [2.75, 3.05) is 37.9 Å². The number of carbonyl (C=O) groups is 1. The molecule has 4 rings (SSSR count). The molecule has 2 aromatic carbocycles. The van der Waals surface area contributed by atoms with Gasteiger partial charge in [-0.05, 0) is 67.5 Å². The molecule has 32 heavy (non-hydrogen) atoms. The minimum atomic E-state index is 0.0223. The Balaban J connectivity index is 1.23. The van der Waals surface area contributed by atoms with Crippen LogP contribution in [0.1, 0.15) is 18.4 Å². The molecule has 1 aromatic heterocycles. The molecule has 7 nitrogen and oxygen atoms in total. The molecule has 2 heterocycles. The average molecular weight is 453 g/mol. The van der Waals surface area contributed by atoms with Gasteiger partial charge in [0.2, 0.25) is 11.7 Å². The maximum absolute atomic E-state index is 12.6. The highest BCUT2D eigenvalue weighted by Gasteiger charge is 2.27. The zero-order chi connectivity index (χ0) is 22.3. The van der Waals surface area contributed by atoms with Crippen molar-refractivity contribution in [3.05, 3.63) is 54.1 Å². The molecule has 0 bridgehead atoms. The van der Waals surface area contributed by atoms with Crippen LogP contribution in [0.3, 0.4) is 0 Å². The van der Waals surface area contributed by atoms with Crippen molar-refractivity contribution in [2.45, 2.75) is 24.2 Å². The number of benzene rings is 2. The molecule has 1 aliphatic rings. The second-order valence-corrected chi connectivity index (χ2v) is 8.66. The molecule has 0 saturated carbocycles. The molecule has 8 heteroatoms. The largest absolute Gasteiger partial charge is 0.497 e. The molecule has 0 radical (unpaired) electrons. The van der Waals surface area contributed by atoms with Crippen molar-refractivity contribution >= 4 is 23.7 Å². The summed E-state index contributed by atoms with van der Waals surface area (Å²) in [6, 6.07) is 16.5. The summed E-state index contributed by atoms with van der Waals surface area (Å²) in [6.07, 6.45) is 4.46. The first-order valence-corrected chi connectivity index (χ1v) is 12.0. The number of anilines is 1. The Morgan fingerprint density at radius 2 is 1.88 bits per heavy atom. The fraction of sp³-hybridized carbons (Fsp3) is 0.375. The number of methoxy groups -OCH3 is 1. The Bertz CT molecular complexity index is 1010. The predicted octanol–water partition coefficient (Wildman–Crippen LogP) is 4.04. The lowest BCUT2D eigenvalue weighted by Gasteiger charge is -2.29. The number of hydrogen-bond acceptors (Lipinski definition) is 7. The van der Waals surface area contributed by atoms with Gasteiger partial charge < -0.3 is 19.5 Å². The van der Waals surface area contributed by atoms with Crippen LogP contribution in [0.2, 0.25) is 0 Å². The first-order valence-electron chi connectivity index (χ1n) is 10.8. The van der Waals surface area contributed by atoms with E-state index in [2.05, 4.69) is 50.9 Å². The van der Waals surface area contributed by atoms with E-state index in [1.54, 1.807) is 18.9 Å². The quantitative estimate of drug-likeness (QED) is 0.517. The van der Waals surface area contributed by atoms with Crippen LogP contribution in [-0.2, 0) is 11.2 Å². The monoisotopic (exact) mass is 452 g/mol. The van der Waals surface area contributed by atoms with E-state index >= 15 is 0 Å². The first kappa shape index (κ1) is 22.2. The lowest BCUT2D eigenvalue weighted by Crippen LogP contribution is -2.41. The summed E-state index contributed by atoms with van der Waals surface area (Å²) in [7, 11) is 1.63.